The van der Waals surface area contributed by atoms with Gasteiger partial charge in [-0.3, -0.25) is 9.69 Å². The Hall–Kier alpha value is -2.84. The Morgan fingerprint density at radius 3 is 2.38 bits per heavy atom. The number of benzene rings is 2. The van der Waals surface area contributed by atoms with Gasteiger partial charge < -0.3 is 19.4 Å². The standard InChI is InChI=1S/C31H41BN2O5/c1-29(2,3)37-28(36)34-19-22-17-23(32-38-30(4,5)31(6,7)39-32)16-15-21(22)18-26(34)27(35)33-25-14-10-12-20-11-8-9-13-24(20)25/h8-9,11,13,15-17,25-26H,10,12,14,18-19H2,1-7H3,(H,33,35)/t25-,26+/m1/s1. The summed E-state index contributed by atoms with van der Waals surface area (Å²) >= 11 is 0. The zero-order chi connectivity index (χ0) is 28.2. The zero-order valence-electron chi connectivity index (χ0n) is 24.3. The highest BCUT2D eigenvalue weighted by atomic mass is 16.7. The van der Waals surface area contributed by atoms with E-state index in [1.54, 1.807) is 4.90 Å². The van der Waals surface area contributed by atoms with Crippen LogP contribution in [0.2, 0.25) is 0 Å². The Morgan fingerprint density at radius 2 is 1.69 bits per heavy atom. The molecule has 2 aromatic carbocycles. The lowest BCUT2D eigenvalue weighted by Crippen LogP contribution is -2.54. The number of ether oxygens (including phenoxy) is 1. The van der Waals surface area contributed by atoms with Crippen LogP contribution in [0.4, 0.5) is 4.79 Å². The van der Waals surface area contributed by atoms with Crippen molar-refractivity contribution in [2.75, 3.05) is 0 Å². The van der Waals surface area contributed by atoms with Crippen molar-refractivity contribution >= 4 is 24.6 Å². The molecule has 0 aromatic heterocycles. The van der Waals surface area contributed by atoms with Crippen LogP contribution in [0.3, 0.4) is 0 Å². The Kier molecular flexibility index (Phi) is 7.09. The summed E-state index contributed by atoms with van der Waals surface area (Å²) in [5.41, 5.74) is 3.79. The number of fused-ring (bicyclic) bond motifs is 2. The van der Waals surface area contributed by atoms with Gasteiger partial charge in [0.25, 0.3) is 0 Å². The van der Waals surface area contributed by atoms with Crippen LogP contribution < -0.4 is 10.8 Å². The van der Waals surface area contributed by atoms with Gasteiger partial charge in [0.2, 0.25) is 5.91 Å². The highest BCUT2D eigenvalue weighted by Gasteiger charge is 2.52. The number of carbonyl (C=O) groups is 2. The molecule has 1 saturated heterocycles. The Balaban J connectivity index is 1.41. The van der Waals surface area contributed by atoms with E-state index in [0.29, 0.717) is 6.42 Å². The largest absolute Gasteiger partial charge is 0.494 e. The summed E-state index contributed by atoms with van der Waals surface area (Å²) in [6, 6.07) is 13.7. The van der Waals surface area contributed by atoms with Gasteiger partial charge >= 0.3 is 13.2 Å². The van der Waals surface area contributed by atoms with Gasteiger partial charge in [-0.2, -0.15) is 0 Å². The van der Waals surface area contributed by atoms with Crippen molar-refractivity contribution in [3.63, 3.8) is 0 Å². The second-order valence-electron chi connectivity index (χ2n) is 13.1. The zero-order valence-corrected chi connectivity index (χ0v) is 24.3. The highest BCUT2D eigenvalue weighted by Crippen LogP contribution is 2.37. The van der Waals surface area contributed by atoms with Crippen molar-refractivity contribution < 1.29 is 23.6 Å². The van der Waals surface area contributed by atoms with Crippen LogP contribution in [0.5, 0.6) is 0 Å². The number of rotatable bonds is 3. The average molecular weight is 532 g/mol. The summed E-state index contributed by atoms with van der Waals surface area (Å²) in [5, 5.41) is 3.27. The molecular weight excluding hydrogens is 491 g/mol. The molecule has 2 amide bonds. The van der Waals surface area contributed by atoms with Crippen molar-refractivity contribution in [3.05, 3.63) is 64.7 Å². The number of amides is 2. The van der Waals surface area contributed by atoms with Gasteiger partial charge in [0.1, 0.15) is 11.6 Å². The maximum Gasteiger partial charge on any atom is 0.494 e. The molecule has 0 spiro atoms. The van der Waals surface area contributed by atoms with E-state index in [0.717, 1.165) is 35.9 Å². The fourth-order valence-corrected chi connectivity index (χ4v) is 5.65. The summed E-state index contributed by atoms with van der Waals surface area (Å²) in [5.74, 6) is -0.150. The molecule has 0 bridgehead atoms. The summed E-state index contributed by atoms with van der Waals surface area (Å²) in [7, 11) is -0.498. The van der Waals surface area contributed by atoms with E-state index in [1.807, 2.05) is 78.8 Å². The molecule has 2 atom stereocenters. The minimum absolute atomic E-state index is 0.0601. The molecule has 0 radical (unpaired) electrons. The van der Waals surface area contributed by atoms with Crippen LogP contribution in [-0.4, -0.2) is 46.9 Å². The molecule has 2 heterocycles. The predicted molar refractivity (Wildman–Crippen MR) is 152 cm³/mol. The maximum absolute atomic E-state index is 13.8. The molecule has 8 heteroatoms. The van der Waals surface area contributed by atoms with Crippen LogP contribution in [-0.2, 0) is 38.2 Å². The SMILES string of the molecule is CC(C)(C)OC(=O)N1Cc2cc(B3OC(C)(C)C(C)(C)O3)ccc2C[C@H]1C(=O)N[C@@H]1CCCc2ccccc21. The van der Waals surface area contributed by atoms with Crippen LogP contribution in [0.25, 0.3) is 0 Å². The lowest BCUT2D eigenvalue weighted by Gasteiger charge is -2.38. The first-order valence-corrected chi connectivity index (χ1v) is 14.1. The normalized spacial score (nSPS) is 23.6. The lowest BCUT2D eigenvalue weighted by atomic mass is 9.76. The van der Waals surface area contributed by atoms with Crippen molar-refractivity contribution in [2.24, 2.45) is 0 Å². The number of carbonyl (C=O) groups excluding carboxylic acids is 2. The predicted octanol–water partition coefficient (Wildman–Crippen LogP) is 4.84. The van der Waals surface area contributed by atoms with E-state index < -0.39 is 36.1 Å². The minimum atomic E-state index is -0.675. The van der Waals surface area contributed by atoms with Gasteiger partial charge in [-0.05, 0) is 95.4 Å². The fourth-order valence-electron chi connectivity index (χ4n) is 5.65. The summed E-state index contributed by atoms with van der Waals surface area (Å²) in [4.78, 5) is 28.8. The van der Waals surface area contributed by atoms with Crippen LogP contribution in [0, 0.1) is 0 Å². The van der Waals surface area contributed by atoms with E-state index in [-0.39, 0.29) is 18.5 Å². The fraction of sp³-hybridized carbons (Fsp3) is 0.548. The molecule has 2 aromatic rings. The van der Waals surface area contributed by atoms with Gasteiger partial charge in [-0.25, -0.2) is 4.79 Å². The summed E-state index contributed by atoms with van der Waals surface area (Å²) in [6.45, 7) is 13.9. The molecule has 3 aliphatic rings. The van der Waals surface area contributed by atoms with Gasteiger partial charge in [-0.15, -0.1) is 0 Å². The number of nitrogens with zero attached hydrogens (tertiary/aromatic N) is 1. The van der Waals surface area contributed by atoms with Gasteiger partial charge in [0.15, 0.2) is 0 Å². The number of hydrogen-bond donors (Lipinski definition) is 1. The van der Waals surface area contributed by atoms with Crippen LogP contribution >= 0.6 is 0 Å². The van der Waals surface area contributed by atoms with Gasteiger partial charge in [-0.1, -0.05) is 42.5 Å². The molecule has 2 aliphatic heterocycles. The highest BCUT2D eigenvalue weighted by molar-refractivity contribution is 6.62. The Morgan fingerprint density at radius 1 is 1.00 bits per heavy atom. The topological polar surface area (TPSA) is 77.1 Å². The quantitative estimate of drug-likeness (QED) is 0.573. The molecule has 5 rings (SSSR count). The number of nitrogens with one attached hydrogen (secondary N) is 1. The molecule has 1 aliphatic carbocycles. The molecule has 1 N–H and O–H groups in total. The van der Waals surface area contributed by atoms with Crippen molar-refractivity contribution in [2.45, 2.75) is 110 Å². The van der Waals surface area contributed by atoms with E-state index in [4.69, 9.17) is 14.0 Å². The van der Waals surface area contributed by atoms with Crippen molar-refractivity contribution in [1.82, 2.24) is 10.2 Å². The van der Waals surface area contributed by atoms with Crippen molar-refractivity contribution in [3.8, 4) is 0 Å². The monoisotopic (exact) mass is 532 g/mol. The van der Waals surface area contributed by atoms with E-state index >= 15 is 0 Å². The molecule has 7 nitrogen and oxygen atoms in total. The first-order chi connectivity index (χ1) is 18.2. The molecule has 0 unspecified atom stereocenters. The van der Waals surface area contributed by atoms with Gasteiger partial charge in [0.05, 0.1) is 23.8 Å². The van der Waals surface area contributed by atoms with Gasteiger partial charge in [0, 0.05) is 6.42 Å². The minimum Gasteiger partial charge on any atom is -0.444 e. The maximum atomic E-state index is 13.8. The van der Waals surface area contributed by atoms with Crippen LogP contribution in [0.1, 0.15) is 89.6 Å². The number of aryl methyl sites for hydroxylation is 1. The second kappa shape index (κ2) is 9.97. The smallest absolute Gasteiger partial charge is 0.444 e. The molecule has 208 valence electrons. The third-order valence-corrected chi connectivity index (χ3v) is 8.50. The Labute approximate surface area is 232 Å². The number of hydrogen-bond acceptors (Lipinski definition) is 5. The van der Waals surface area contributed by atoms with E-state index in [2.05, 4.69) is 17.4 Å². The Bertz CT molecular complexity index is 1250. The van der Waals surface area contributed by atoms with Crippen molar-refractivity contribution in [1.29, 1.82) is 0 Å². The third kappa shape index (κ3) is 5.59. The third-order valence-electron chi connectivity index (χ3n) is 8.50. The lowest BCUT2D eigenvalue weighted by molar-refractivity contribution is -0.128. The summed E-state index contributed by atoms with van der Waals surface area (Å²) in [6.07, 6.45) is 2.86. The molecule has 1 fully saturated rings. The van der Waals surface area contributed by atoms with E-state index in [9.17, 15) is 9.59 Å². The van der Waals surface area contributed by atoms with Crippen LogP contribution in [0.15, 0.2) is 42.5 Å². The second-order valence-corrected chi connectivity index (χ2v) is 13.1. The molecular formula is C31H41BN2O5. The molecule has 0 saturated carbocycles. The first-order valence-electron chi connectivity index (χ1n) is 14.1. The molecule has 39 heavy (non-hydrogen) atoms. The summed E-state index contributed by atoms with van der Waals surface area (Å²) < 4.78 is 18.3. The van der Waals surface area contributed by atoms with E-state index in [1.165, 1.54) is 11.1 Å². The first kappa shape index (κ1) is 27.7. The average Bonchev–Trinajstić information content (AvgIpc) is 3.08.